The van der Waals surface area contributed by atoms with E-state index in [-0.39, 0.29) is 11.4 Å². The lowest BCUT2D eigenvalue weighted by Gasteiger charge is -2.36. The number of carbonyl (C=O) groups excluding carboxylic acids is 2. The molecule has 2 rings (SSSR count). The van der Waals surface area contributed by atoms with Gasteiger partial charge in [-0.05, 0) is 39.2 Å². The van der Waals surface area contributed by atoms with Crippen LogP contribution in [0.1, 0.15) is 40.0 Å². The van der Waals surface area contributed by atoms with Gasteiger partial charge in [0, 0.05) is 19.5 Å². The minimum absolute atomic E-state index is 0.0380. The van der Waals surface area contributed by atoms with E-state index in [0.29, 0.717) is 19.5 Å². The van der Waals surface area contributed by atoms with E-state index in [1.807, 2.05) is 25.7 Å². The maximum atomic E-state index is 11.8. The summed E-state index contributed by atoms with van der Waals surface area (Å²) >= 11 is 0. The van der Waals surface area contributed by atoms with E-state index < -0.39 is 11.9 Å². The number of carbonyl (C=O) groups is 2. The minimum atomic E-state index is -0.688. The van der Waals surface area contributed by atoms with Gasteiger partial charge < -0.3 is 14.4 Å². The number of methoxy groups -OCH3 is 1. The molecule has 1 aliphatic heterocycles. The first kappa shape index (κ1) is 14.9. The molecule has 1 heterocycles. The smallest absolute Gasteiger partial charge is 0.318 e. The normalized spacial score (nSPS) is 22.6. The zero-order valence-corrected chi connectivity index (χ0v) is 12.7. The molecule has 0 spiro atoms. The molecule has 0 aromatic heterocycles. The number of ether oxygens (including phenoxy) is 2. The van der Waals surface area contributed by atoms with E-state index >= 15 is 0 Å². The molecule has 0 amide bonds. The van der Waals surface area contributed by atoms with E-state index in [4.69, 9.17) is 9.47 Å². The summed E-state index contributed by atoms with van der Waals surface area (Å²) in [7, 11) is 1.32. The highest BCUT2D eigenvalue weighted by Gasteiger charge is 2.37. The van der Waals surface area contributed by atoms with Crippen LogP contribution in [0.15, 0.2) is 11.5 Å². The van der Waals surface area contributed by atoms with Gasteiger partial charge in [0.05, 0.1) is 7.11 Å². The van der Waals surface area contributed by atoms with Gasteiger partial charge in [-0.2, -0.15) is 0 Å². The number of hydrogen-bond donors (Lipinski definition) is 0. The average Bonchev–Trinajstić information content (AvgIpc) is 3.19. The number of ketones is 1. The third-order valence-electron chi connectivity index (χ3n) is 3.40. The van der Waals surface area contributed by atoms with Gasteiger partial charge in [0.25, 0.3) is 0 Å². The van der Waals surface area contributed by atoms with Crippen molar-refractivity contribution in [2.45, 2.75) is 45.6 Å². The standard InChI is InChI=1S/C15H23NO4/c1-15(2,3)20-13(10-5-6-10)16-8-7-12(17)11(9-16)14(18)19-4/h11H,5-9H2,1-4H3. The fourth-order valence-corrected chi connectivity index (χ4v) is 2.29. The summed E-state index contributed by atoms with van der Waals surface area (Å²) in [5, 5.41) is 0. The number of allylic oxidation sites excluding steroid dienone is 1. The van der Waals surface area contributed by atoms with E-state index in [1.54, 1.807) is 0 Å². The summed E-state index contributed by atoms with van der Waals surface area (Å²) < 4.78 is 10.8. The van der Waals surface area contributed by atoms with Crippen LogP contribution in [0.5, 0.6) is 0 Å². The van der Waals surface area contributed by atoms with E-state index in [0.717, 1.165) is 18.7 Å². The molecule has 5 nitrogen and oxygen atoms in total. The highest BCUT2D eigenvalue weighted by atomic mass is 16.5. The summed E-state index contributed by atoms with van der Waals surface area (Å²) in [4.78, 5) is 25.6. The van der Waals surface area contributed by atoms with Crippen molar-refractivity contribution in [2.24, 2.45) is 5.92 Å². The lowest BCUT2D eigenvalue weighted by Crippen LogP contribution is -2.45. The molecule has 0 radical (unpaired) electrons. The third-order valence-corrected chi connectivity index (χ3v) is 3.40. The Balaban J connectivity index is 2.13. The van der Waals surface area contributed by atoms with Crippen LogP contribution in [0.3, 0.4) is 0 Å². The lowest BCUT2D eigenvalue weighted by molar-refractivity contribution is -0.152. The Morgan fingerprint density at radius 1 is 1.25 bits per heavy atom. The highest BCUT2D eigenvalue weighted by Crippen LogP contribution is 2.36. The van der Waals surface area contributed by atoms with E-state index in [9.17, 15) is 9.59 Å². The van der Waals surface area contributed by atoms with Crippen LogP contribution in [0, 0.1) is 5.92 Å². The number of piperidine rings is 1. The topological polar surface area (TPSA) is 55.8 Å². The second kappa shape index (κ2) is 5.46. The zero-order valence-electron chi connectivity index (χ0n) is 12.7. The Morgan fingerprint density at radius 2 is 1.90 bits per heavy atom. The lowest BCUT2D eigenvalue weighted by atomic mass is 9.96. The van der Waals surface area contributed by atoms with Crippen molar-refractivity contribution >= 4 is 11.8 Å². The summed E-state index contributed by atoms with van der Waals surface area (Å²) in [6.07, 6.45) is 2.45. The van der Waals surface area contributed by atoms with Gasteiger partial charge in [-0.3, -0.25) is 9.59 Å². The van der Waals surface area contributed by atoms with Crippen molar-refractivity contribution in [3.63, 3.8) is 0 Å². The van der Waals surface area contributed by atoms with Crippen LogP contribution in [0.2, 0.25) is 0 Å². The molecule has 0 aromatic carbocycles. The van der Waals surface area contributed by atoms with Crippen molar-refractivity contribution < 1.29 is 19.1 Å². The molecule has 0 aromatic rings. The number of esters is 1. The van der Waals surface area contributed by atoms with E-state index in [1.165, 1.54) is 12.7 Å². The molecular weight excluding hydrogens is 258 g/mol. The molecule has 5 heteroatoms. The number of rotatable bonds is 3. The van der Waals surface area contributed by atoms with Gasteiger partial charge in [-0.25, -0.2) is 0 Å². The highest BCUT2D eigenvalue weighted by molar-refractivity contribution is 5.99. The maximum Gasteiger partial charge on any atom is 0.318 e. The molecule has 0 bridgehead atoms. The molecule has 1 saturated heterocycles. The predicted octanol–water partition coefficient (Wildman–Crippen LogP) is 1.87. The molecular formula is C15H23NO4. The van der Waals surface area contributed by atoms with Crippen LogP contribution >= 0.6 is 0 Å². The minimum Gasteiger partial charge on any atom is -0.473 e. The Morgan fingerprint density at radius 3 is 2.40 bits per heavy atom. The Labute approximate surface area is 119 Å². The summed E-state index contributed by atoms with van der Waals surface area (Å²) in [6.45, 7) is 6.98. The second-order valence-electron chi connectivity index (χ2n) is 6.36. The fourth-order valence-electron chi connectivity index (χ4n) is 2.29. The van der Waals surface area contributed by atoms with Crippen molar-refractivity contribution in [1.82, 2.24) is 4.90 Å². The molecule has 1 aliphatic carbocycles. The van der Waals surface area contributed by atoms with Crippen molar-refractivity contribution in [3.05, 3.63) is 11.5 Å². The number of nitrogens with zero attached hydrogens (tertiary/aromatic N) is 1. The SMILES string of the molecule is COC(=O)C1CN(C(OC(C)(C)C)=C2CC2)CCC1=O. The van der Waals surface area contributed by atoms with Gasteiger partial charge in [-0.1, -0.05) is 0 Å². The number of hydrogen-bond acceptors (Lipinski definition) is 5. The van der Waals surface area contributed by atoms with Crippen LogP contribution < -0.4 is 0 Å². The van der Waals surface area contributed by atoms with Crippen LogP contribution in [0.25, 0.3) is 0 Å². The predicted molar refractivity (Wildman–Crippen MR) is 73.8 cm³/mol. The van der Waals surface area contributed by atoms with Gasteiger partial charge in [-0.15, -0.1) is 0 Å². The first-order chi connectivity index (χ1) is 9.31. The Bertz CT molecular complexity index is 433. The largest absolute Gasteiger partial charge is 0.473 e. The zero-order chi connectivity index (χ0) is 14.9. The fraction of sp³-hybridized carbons (Fsp3) is 0.733. The van der Waals surface area contributed by atoms with Crippen molar-refractivity contribution in [3.8, 4) is 0 Å². The number of Topliss-reactive ketones (excluding diaryl/α,β-unsaturated/α-hetero) is 1. The van der Waals surface area contributed by atoms with Gasteiger partial charge in [0.1, 0.15) is 11.5 Å². The van der Waals surface area contributed by atoms with Gasteiger partial charge in [0.15, 0.2) is 11.7 Å². The molecule has 2 fully saturated rings. The molecule has 1 atom stereocenters. The van der Waals surface area contributed by atoms with Crippen molar-refractivity contribution in [2.75, 3.05) is 20.2 Å². The maximum absolute atomic E-state index is 11.8. The van der Waals surface area contributed by atoms with Gasteiger partial charge >= 0.3 is 5.97 Å². The molecule has 20 heavy (non-hydrogen) atoms. The summed E-state index contributed by atoms with van der Waals surface area (Å²) in [5.74, 6) is -0.315. The molecule has 1 unspecified atom stereocenters. The van der Waals surface area contributed by atoms with Crippen LogP contribution in [-0.2, 0) is 19.1 Å². The third kappa shape index (κ3) is 3.52. The summed E-state index contributed by atoms with van der Waals surface area (Å²) in [6, 6.07) is 0. The Hall–Kier alpha value is -1.52. The van der Waals surface area contributed by atoms with Crippen molar-refractivity contribution in [1.29, 1.82) is 0 Å². The monoisotopic (exact) mass is 281 g/mol. The molecule has 112 valence electrons. The van der Waals surface area contributed by atoms with Crippen LogP contribution in [0.4, 0.5) is 0 Å². The molecule has 0 N–H and O–H groups in total. The van der Waals surface area contributed by atoms with Gasteiger partial charge in [0.2, 0.25) is 0 Å². The molecule has 2 aliphatic rings. The Kier molecular flexibility index (Phi) is 4.06. The molecule has 1 saturated carbocycles. The first-order valence-electron chi connectivity index (χ1n) is 7.08. The quantitative estimate of drug-likeness (QED) is 0.449. The van der Waals surface area contributed by atoms with Crippen LogP contribution in [-0.4, -0.2) is 42.5 Å². The second-order valence-corrected chi connectivity index (χ2v) is 6.36. The number of likely N-dealkylation sites (tertiary alicyclic amines) is 1. The first-order valence-corrected chi connectivity index (χ1v) is 7.08. The summed E-state index contributed by atoms with van der Waals surface area (Å²) in [5.41, 5.74) is 0.991. The van der Waals surface area contributed by atoms with E-state index in [2.05, 4.69) is 0 Å². The average molecular weight is 281 g/mol.